The van der Waals surface area contributed by atoms with Crippen LogP contribution < -0.4 is 24.8 Å². The number of hydrogen-bond donors (Lipinski definition) is 0. The molecular formula is C52H54Cl2Zr. The van der Waals surface area contributed by atoms with Gasteiger partial charge < -0.3 is 24.8 Å². The molecule has 280 valence electrons. The molecule has 0 amide bonds. The number of allylic oxidation sites excluding steroid dienone is 2. The van der Waals surface area contributed by atoms with Gasteiger partial charge in [0.25, 0.3) is 0 Å². The fourth-order valence-electron chi connectivity index (χ4n) is 11.0. The van der Waals surface area contributed by atoms with E-state index in [1.165, 1.54) is 113 Å². The number of hydrogen-bond acceptors (Lipinski definition) is 0. The maximum absolute atomic E-state index is 2.98. The molecule has 55 heavy (non-hydrogen) atoms. The van der Waals surface area contributed by atoms with Gasteiger partial charge in [-0.3, -0.25) is 0 Å². The van der Waals surface area contributed by atoms with Crippen molar-refractivity contribution in [3.8, 4) is 22.3 Å². The average Bonchev–Trinajstić information content (AvgIpc) is 3.71. The van der Waals surface area contributed by atoms with Gasteiger partial charge in [-0.1, -0.05) is 0 Å². The van der Waals surface area contributed by atoms with Crippen LogP contribution in [0.3, 0.4) is 0 Å². The Morgan fingerprint density at radius 3 is 1.31 bits per heavy atom. The van der Waals surface area contributed by atoms with Crippen molar-refractivity contribution in [1.82, 2.24) is 0 Å². The van der Waals surface area contributed by atoms with Crippen LogP contribution in [0.15, 0.2) is 108 Å². The van der Waals surface area contributed by atoms with E-state index in [1.807, 2.05) is 0 Å². The number of aryl methyl sites for hydroxylation is 4. The number of rotatable bonds is 10. The van der Waals surface area contributed by atoms with Crippen LogP contribution in [-0.2, 0) is 20.3 Å². The van der Waals surface area contributed by atoms with Crippen LogP contribution in [0.2, 0.25) is 8.26 Å². The van der Waals surface area contributed by atoms with Crippen LogP contribution >= 0.6 is 0 Å². The Morgan fingerprint density at radius 2 is 0.909 bits per heavy atom. The normalized spacial score (nSPS) is 17.1. The van der Waals surface area contributed by atoms with Crippen molar-refractivity contribution < 1.29 is 45.1 Å². The fraction of sp³-hybridized carbons (Fsp3) is 0.308. The molecule has 0 aromatic heterocycles. The molecule has 2 aliphatic carbocycles. The zero-order chi connectivity index (χ0) is 36.4. The third kappa shape index (κ3) is 6.55. The smallest absolute Gasteiger partial charge is 1.00 e. The first-order valence-electron chi connectivity index (χ1n) is 20.5. The van der Waals surface area contributed by atoms with Crippen LogP contribution in [0.5, 0.6) is 0 Å². The first kappa shape index (κ1) is 40.0. The molecule has 6 aromatic carbocycles. The third-order valence-corrected chi connectivity index (χ3v) is 26.3. The average molecular weight is 841 g/mol. The van der Waals surface area contributed by atoms with Crippen LogP contribution in [0.1, 0.15) is 104 Å². The molecule has 0 spiro atoms. The predicted octanol–water partition coefficient (Wildman–Crippen LogP) is 9.53. The van der Waals surface area contributed by atoms with E-state index in [0.29, 0.717) is 7.25 Å². The summed E-state index contributed by atoms with van der Waals surface area (Å²) in [5.74, 6) is 0. The molecule has 1 fully saturated rings. The van der Waals surface area contributed by atoms with Gasteiger partial charge in [0.2, 0.25) is 0 Å². The fourth-order valence-corrected chi connectivity index (χ4v) is 29.1. The Hall–Kier alpha value is -3.22. The Labute approximate surface area is 346 Å². The standard InChI is InChI=1S/2C25H25.C2H4.2ClH.Zr/c2*1-4-5-9-19-15-23-17(2)14-18(3)25(24(23)16-19)22-13-8-11-20-10-6-7-12-21(20)22;1-2;;;/h2*6-8,10-16H,4-5,9H2,1-3H3;1-2H2;2*1H;/q;;;;;+2/p-2. The third-order valence-electron chi connectivity index (χ3n) is 13.3. The van der Waals surface area contributed by atoms with Crippen LogP contribution in [-0.4, -0.2) is 0 Å². The second-order valence-corrected chi connectivity index (χ2v) is 28.1. The number of unbranched alkanes of at least 4 members (excludes halogenated alkanes) is 2. The maximum atomic E-state index is 2.75. The molecule has 1 saturated heterocycles. The summed E-state index contributed by atoms with van der Waals surface area (Å²) in [4.78, 5) is 0. The van der Waals surface area contributed by atoms with E-state index in [9.17, 15) is 0 Å². The van der Waals surface area contributed by atoms with Gasteiger partial charge in [0, 0.05) is 0 Å². The summed E-state index contributed by atoms with van der Waals surface area (Å²) in [7, 11) is 0. The molecule has 3 aliphatic rings. The van der Waals surface area contributed by atoms with Crippen LogP contribution in [0, 0.1) is 27.7 Å². The largest absolute Gasteiger partial charge is 1.00 e. The second kappa shape index (κ2) is 16.0. The SMILES string of the molecule is CCCCC1=Cc2c(-c3cccc4ccccc34)c(C)cc(C)c2[CH]1[Zr+2]1([CH]2C(CCCC)=Cc3c(-c4cccc5ccccc45)c(C)cc(C)c32)[CH2][CH2]1.[Cl-].[Cl-]. The maximum Gasteiger partial charge on any atom is -1.00 e. The summed E-state index contributed by atoms with van der Waals surface area (Å²) >= 11 is -2.98. The van der Waals surface area contributed by atoms with Crippen LogP contribution in [0.25, 0.3) is 56.0 Å². The first-order chi connectivity index (χ1) is 25.9. The van der Waals surface area contributed by atoms with Gasteiger partial charge in [-0.2, -0.15) is 0 Å². The van der Waals surface area contributed by atoms with Gasteiger partial charge in [-0.25, -0.2) is 0 Å². The van der Waals surface area contributed by atoms with Crippen molar-refractivity contribution >= 4 is 33.7 Å². The first-order valence-corrected chi connectivity index (χ1v) is 26.8. The topological polar surface area (TPSA) is 0 Å². The zero-order valence-electron chi connectivity index (χ0n) is 33.5. The number of fused-ring (bicyclic) bond motifs is 4. The van der Waals surface area contributed by atoms with Gasteiger partial charge in [0.05, 0.1) is 0 Å². The van der Waals surface area contributed by atoms with Gasteiger partial charge in [-0.15, -0.1) is 0 Å². The number of halogens is 2. The van der Waals surface area contributed by atoms with Gasteiger partial charge in [0.15, 0.2) is 0 Å². The summed E-state index contributed by atoms with van der Waals surface area (Å²) in [5.41, 5.74) is 21.8. The molecule has 3 heteroatoms. The van der Waals surface area contributed by atoms with E-state index < -0.39 is 20.3 Å². The summed E-state index contributed by atoms with van der Waals surface area (Å²) in [6, 6.07) is 37.0. The van der Waals surface area contributed by atoms with Crippen molar-refractivity contribution in [2.75, 3.05) is 0 Å². The van der Waals surface area contributed by atoms with E-state index in [1.54, 1.807) is 33.4 Å². The summed E-state index contributed by atoms with van der Waals surface area (Å²) in [6.45, 7) is 14.4. The van der Waals surface area contributed by atoms with Crippen molar-refractivity contribution in [2.45, 2.75) is 95.6 Å². The van der Waals surface area contributed by atoms with Gasteiger partial charge >= 0.3 is 325 Å². The van der Waals surface area contributed by atoms with Crippen molar-refractivity contribution in [3.05, 3.63) is 153 Å². The van der Waals surface area contributed by atoms with Gasteiger partial charge in [0.1, 0.15) is 0 Å². The molecular weight excluding hydrogens is 787 g/mol. The van der Waals surface area contributed by atoms with Crippen molar-refractivity contribution in [3.63, 3.8) is 0 Å². The molecule has 9 rings (SSSR count). The van der Waals surface area contributed by atoms with Gasteiger partial charge in [-0.05, 0) is 0 Å². The molecule has 0 radical (unpaired) electrons. The van der Waals surface area contributed by atoms with E-state index in [-0.39, 0.29) is 24.8 Å². The van der Waals surface area contributed by atoms with E-state index in [4.69, 9.17) is 0 Å². The predicted molar refractivity (Wildman–Crippen MR) is 228 cm³/mol. The molecule has 1 heterocycles. The molecule has 2 unspecified atom stereocenters. The Balaban J connectivity index is 0.00000233. The second-order valence-electron chi connectivity index (χ2n) is 16.7. The molecule has 1 aliphatic heterocycles. The molecule has 0 saturated carbocycles. The Kier molecular flexibility index (Phi) is 11.6. The summed E-state index contributed by atoms with van der Waals surface area (Å²) < 4.78 is 4.32. The Morgan fingerprint density at radius 1 is 0.509 bits per heavy atom. The Bertz CT molecular complexity index is 2320. The molecule has 0 nitrogen and oxygen atoms in total. The van der Waals surface area contributed by atoms with E-state index >= 15 is 0 Å². The minimum absolute atomic E-state index is 0. The zero-order valence-corrected chi connectivity index (χ0v) is 37.4. The summed E-state index contributed by atoms with van der Waals surface area (Å²) in [6.07, 6.45) is 13.0. The van der Waals surface area contributed by atoms with Crippen molar-refractivity contribution in [1.29, 1.82) is 0 Å². The quantitative estimate of drug-likeness (QED) is 0.129. The summed E-state index contributed by atoms with van der Waals surface area (Å²) in [5, 5.41) is 5.43. The minimum atomic E-state index is -2.98. The minimum Gasteiger partial charge on any atom is -1.00 e. The van der Waals surface area contributed by atoms with Crippen molar-refractivity contribution in [2.24, 2.45) is 0 Å². The molecule has 2 atom stereocenters. The molecule has 6 aromatic rings. The molecule has 0 bridgehead atoms. The number of benzene rings is 6. The van der Waals surface area contributed by atoms with Crippen LogP contribution in [0.4, 0.5) is 0 Å². The van der Waals surface area contributed by atoms with E-state index in [0.717, 1.165) is 0 Å². The van der Waals surface area contributed by atoms with E-state index in [2.05, 4.69) is 151 Å². The molecule has 0 N–H and O–H groups in total. The monoisotopic (exact) mass is 838 g/mol.